The zero-order chi connectivity index (χ0) is 21.0. The second-order valence-electron chi connectivity index (χ2n) is 8.73. The zero-order valence-corrected chi connectivity index (χ0v) is 14.4. The summed E-state index contributed by atoms with van der Waals surface area (Å²) in [5.41, 5.74) is -5.40. The van der Waals surface area contributed by atoms with E-state index in [9.17, 15) is 45.4 Å². The quantitative estimate of drug-likeness (QED) is 0.506. The molecule has 2 N–H and O–H groups in total. The predicted octanol–water partition coefficient (Wildman–Crippen LogP) is 1.98. The number of nitrogens with one attached hydrogen (secondary N) is 1. The lowest BCUT2D eigenvalue weighted by Crippen LogP contribution is -2.79. The molecule has 5 rings (SSSR count). The van der Waals surface area contributed by atoms with E-state index in [0.717, 1.165) is 0 Å². The van der Waals surface area contributed by atoms with Crippen molar-refractivity contribution in [2.75, 3.05) is 6.54 Å². The average Bonchev–Trinajstić information content (AvgIpc) is 2.89. The summed E-state index contributed by atoms with van der Waals surface area (Å²) in [6.07, 6.45) is -10.9. The molecule has 0 aromatic rings. The molecule has 1 aliphatic heterocycles. The van der Waals surface area contributed by atoms with Crippen LogP contribution in [0.4, 0.5) is 30.7 Å². The zero-order valence-electron chi connectivity index (χ0n) is 14.4. The van der Waals surface area contributed by atoms with E-state index in [-0.39, 0.29) is 4.90 Å². The first-order valence-corrected chi connectivity index (χ1v) is 8.72. The number of rotatable bonds is 1. The highest BCUT2D eigenvalue weighted by Crippen LogP contribution is 2.73. The van der Waals surface area contributed by atoms with Crippen LogP contribution in [0, 0.1) is 5.41 Å². The van der Waals surface area contributed by atoms with Gasteiger partial charge < -0.3 is 15.3 Å². The third-order valence-corrected chi connectivity index (χ3v) is 6.75. The van der Waals surface area contributed by atoms with Crippen LogP contribution in [0.15, 0.2) is 0 Å². The molecular weight excluding hydrogens is 401 g/mol. The molecule has 0 radical (unpaired) electrons. The molecule has 12 heteroatoms. The van der Waals surface area contributed by atoms with E-state index >= 15 is 0 Å². The summed E-state index contributed by atoms with van der Waals surface area (Å²) in [4.78, 5) is 25.0. The van der Waals surface area contributed by atoms with Crippen molar-refractivity contribution >= 4 is 11.8 Å². The van der Waals surface area contributed by atoms with Crippen LogP contribution in [0.25, 0.3) is 0 Å². The van der Waals surface area contributed by atoms with Crippen LogP contribution in [0.5, 0.6) is 0 Å². The van der Waals surface area contributed by atoms with Gasteiger partial charge in [-0.1, -0.05) is 0 Å². The number of hydrogen-bond acceptors (Lipinski definition) is 3. The van der Waals surface area contributed by atoms with Crippen LogP contribution in [0.1, 0.15) is 38.5 Å². The second kappa shape index (κ2) is 5.11. The minimum atomic E-state index is -4.44. The van der Waals surface area contributed by atoms with Gasteiger partial charge in [-0.2, -0.15) is 13.2 Å². The van der Waals surface area contributed by atoms with Gasteiger partial charge in [0.2, 0.25) is 0 Å². The van der Waals surface area contributed by atoms with Gasteiger partial charge >= 0.3 is 18.0 Å². The van der Waals surface area contributed by atoms with Gasteiger partial charge in [0.1, 0.15) is 6.10 Å². The molecule has 2 amide bonds. The van der Waals surface area contributed by atoms with Crippen molar-refractivity contribution in [2.45, 2.75) is 73.7 Å². The summed E-state index contributed by atoms with van der Waals surface area (Å²) in [6.45, 7) is -1.41. The summed E-state index contributed by atoms with van der Waals surface area (Å²) in [6, 6.07) is 0. The van der Waals surface area contributed by atoms with Crippen molar-refractivity contribution < 1.29 is 45.4 Å². The van der Waals surface area contributed by atoms with Gasteiger partial charge in [-0.3, -0.25) is 9.59 Å². The van der Waals surface area contributed by atoms with E-state index in [2.05, 4.69) is 5.32 Å². The highest BCUT2D eigenvalue weighted by atomic mass is 19.4. The molecule has 0 aromatic heterocycles. The van der Waals surface area contributed by atoms with Crippen LogP contribution in [0.3, 0.4) is 0 Å². The average molecular weight is 418 g/mol. The number of likely N-dealkylation sites (tertiary alicyclic amines) is 1. The number of hydrogen-bond donors (Lipinski definition) is 2. The Morgan fingerprint density at radius 3 is 2.04 bits per heavy atom. The molecule has 1 spiro atoms. The molecule has 5 aliphatic rings. The van der Waals surface area contributed by atoms with E-state index in [1.807, 2.05) is 0 Å². The molecule has 28 heavy (non-hydrogen) atoms. The summed E-state index contributed by atoms with van der Waals surface area (Å²) in [5.74, 6) is -10.2. The Bertz CT molecular complexity index is 733. The first kappa shape index (κ1) is 19.7. The number of carbonyl (C=O) groups is 2. The van der Waals surface area contributed by atoms with Crippen LogP contribution >= 0.6 is 0 Å². The second-order valence-corrected chi connectivity index (χ2v) is 8.73. The number of alkyl halides is 7. The molecule has 2 bridgehead atoms. The van der Waals surface area contributed by atoms with Crippen LogP contribution < -0.4 is 5.32 Å². The van der Waals surface area contributed by atoms with Crippen molar-refractivity contribution in [3.05, 3.63) is 0 Å². The maximum Gasteiger partial charge on any atom is 0.394 e. The highest BCUT2D eigenvalue weighted by molar-refractivity contribution is 6.35. The fraction of sp³-hybridized carbons (Fsp3) is 0.875. The highest BCUT2D eigenvalue weighted by Gasteiger charge is 2.79. The number of carbonyl (C=O) groups excluding carboxylic acids is 2. The molecule has 4 aliphatic carbocycles. The standard InChI is InChI=1S/C16H17F7N2O3/c17-14(18)2-1-13(6-14)10(28)15(19,20)7-25(13)9(27)8(26)24-12-3-11(4-12,5-12)16(21,22)23/h10,28H,1-7H2,(H,24,26)/t10-,11?,12?,13+/m1/s1. The maximum atomic E-state index is 14.0. The monoisotopic (exact) mass is 418 g/mol. The normalized spacial score (nSPS) is 42.9. The maximum absolute atomic E-state index is 14.0. The Labute approximate surface area is 154 Å². The van der Waals surface area contributed by atoms with Gasteiger partial charge in [-0.05, 0) is 25.7 Å². The Kier molecular flexibility index (Phi) is 3.60. The first-order valence-electron chi connectivity index (χ1n) is 8.72. The molecule has 1 heterocycles. The SMILES string of the molecule is O=C(NC12CC(C(F)(F)F)(C1)C2)C(=O)N1CC(F)(F)[C@H](O)[C@@]12CCC(F)(F)C2. The van der Waals surface area contributed by atoms with Crippen molar-refractivity contribution in [2.24, 2.45) is 5.41 Å². The Balaban J connectivity index is 1.49. The van der Waals surface area contributed by atoms with Gasteiger partial charge in [0, 0.05) is 18.4 Å². The minimum Gasteiger partial charge on any atom is -0.384 e. The number of aliphatic hydroxyl groups is 1. The molecule has 0 unspecified atom stereocenters. The first-order chi connectivity index (χ1) is 12.6. The van der Waals surface area contributed by atoms with Gasteiger partial charge in [0.25, 0.3) is 11.8 Å². The predicted molar refractivity (Wildman–Crippen MR) is 77.4 cm³/mol. The van der Waals surface area contributed by atoms with Crippen LogP contribution in [0.2, 0.25) is 0 Å². The third kappa shape index (κ3) is 2.42. The van der Waals surface area contributed by atoms with Crippen molar-refractivity contribution in [3.63, 3.8) is 0 Å². The lowest BCUT2D eigenvalue weighted by atomic mass is 9.39. The fourth-order valence-electron chi connectivity index (χ4n) is 5.40. The molecule has 5 nitrogen and oxygen atoms in total. The third-order valence-electron chi connectivity index (χ3n) is 6.75. The lowest BCUT2D eigenvalue weighted by molar-refractivity contribution is -0.337. The van der Waals surface area contributed by atoms with E-state index in [0.29, 0.717) is 0 Å². The lowest BCUT2D eigenvalue weighted by Gasteiger charge is -2.70. The molecule has 158 valence electrons. The molecule has 2 atom stereocenters. The van der Waals surface area contributed by atoms with Crippen molar-refractivity contribution in [1.82, 2.24) is 10.2 Å². The van der Waals surface area contributed by atoms with Gasteiger partial charge in [0.05, 0.1) is 17.5 Å². The van der Waals surface area contributed by atoms with E-state index < -0.39 is 97.5 Å². The molecule has 5 fully saturated rings. The summed E-state index contributed by atoms with van der Waals surface area (Å²) in [7, 11) is 0. The van der Waals surface area contributed by atoms with E-state index in [4.69, 9.17) is 0 Å². The van der Waals surface area contributed by atoms with E-state index in [1.54, 1.807) is 0 Å². The molecule has 0 aromatic carbocycles. The molecular formula is C16H17F7N2O3. The summed E-state index contributed by atoms with van der Waals surface area (Å²) >= 11 is 0. The van der Waals surface area contributed by atoms with Crippen molar-refractivity contribution in [3.8, 4) is 0 Å². The van der Waals surface area contributed by atoms with E-state index in [1.165, 1.54) is 0 Å². The Hall–Kier alpha value is -1.59. The van der Waals surface area contributed by atoms with Gasteiger partial charge in [0.15, 0.2) is 0 Å². The number of nitrogens with zero attached hydrogens (tertiary/aromatic N) is 1. The number of aliphatic hydroxyl groups excluding tert-OH is 1. The fourth-order valence-corrected chi connectivity index (χ4v) is 5.40. The number of halogens is 7. The Morgan fingerprint density at radius 1 is 1.00 bits per heavy atom. The van der Waals surface area contributed by atoms with Crippen LogP contribution in [-0.4, -0.2) is 63.6 Å². The van der Waals surface area contributed by atoms with Gasteiger partial charge in [-0.25, -0.2) is 17.6 Å². The Morgan fingerprint density at radius 2 is 1.57 bits per heavy atom. The smallest absolute Gasteiger partial charge is 0.384 e. The van der Waals surface area contributed by atoms with Crippen LogP contribution in [-0.2, 0) is 9.59 Å². The minimum absolute atomic E-state index is 0.277. The molecule has 1 saturated heterocycles. The van der Waals surface area contributed by atoms with Crippen molar-refractivity contribution in [1.29, 1.82) is 0 Å². The summed E-state index contributed by atoms with van der Waals surface area (Å²) < 4.78 is 94.0. The number of amides is 2. The topological polar surface area (TPSA) is 69.6 Å². The largest absolute Gasteiger partial charge is 0.394 e. The summed E-state index contributed by atoms with van der Waals surface area (Å²) in [5, 5.41) is 12.1. The molecule has 4 saturated carbocycles. The van der Waals surface area contributed by atoms with Gasteiger partial charge in [-0.15, -0.1) is 0 Å².